The fourth-order valence-corrected chi connectivity index (χ4v) is 4.41. The van der Waals surface area contributed by atoms with E-state index in [1.54, 1.807) is 41.0 Å². The molecule has 2 amide bonds. The lowest BCUT2D eigenvalue weighted by molar-refractivity contribution is -0.117. The molecule has 0 saturated carbocycles. The zero-order valence-corrected chi connectivity index (χ0v) is 22.7. The Morgan fingerprint density at radius 1 is 1.00 bits per heavy atom. The number of ether oxygens (including phenoxy) is 1. The molecule has 0 aliphatic carbocycles. The molecular formula is C30H31ClN4O3. The minimum absolute atomic E-state index is 0.110. The first-order valence-electron chi connectivity index (χ1n) is 12.4. The molecule has 8 heteroatoms. The first-order valence-corrected chi connectivity index (χ1v) is 12.8. The zero-order chi connectivity index (χ0) is 27.2. The van der Waals surface area contributed by atoms with Crippen molar-refractivity contribution < 1.29 is 14.3 Å². The zero-order valence-electron chi connectivity index (χ0n) is 21.9. The van der Waals surface area contributed by atoms with Crippen molar-refractivity contribution in [3.05, 3.63) is 95.1 Å². The summed E-state index contributed by atoms with van der Waals surface area (Å²) in [5, 5.41) is 8.36. The van der Waals surface area contributed by atoms with Crippen molar-refractivity contribution in [2.45, 2.75) is 20.8 Å². The molecule has 0 atom stereocenters. The van der Waals surface area contributed by atoms with Crippen LogP contribution in [0.25, 0.3) is 16.8 Å². The van der Waals surface area contributed by atoms with E-state index in [1.807, 2.05) is 75.4 Å². The van der Waals surface area contributed by atoms with E-state index in [0.29, 0.717) is 22.9 Å². The van der Waals surface area contributed by atoms with Crippen LogP contribution in [-0.2, 0) is 4.79 Å². The summed E-state index contributed by atoms with van der Waals surface area (Å²) in [7, 11) is 1.61. The molecular weight excluding hydrogens is 500 g/mol. The fourth-order valence-electron chi connectivity index (χ4n) is 4.28. The van der Waals surface area contributed by atoms with Crippen LogP contribution in [0.5, 0.6) is 5.75 Å². The second-order valence-corrected chi connectivity index (χ2v) is 9.86. The molecule has 0 bridgehead atoms. The summed E-state index contributed by atoms with van der Waals surface area (Å²) in [4.78, 5) is 28.3. The highest BCUT2D eigenvalue weighted by atomic mass is 35.5. The molecule has 0 radical (unpaired) electrons. The summed E-state index contributed by atoms with van der Waals surface area (Å²) in [6, 6.07) is 23.9. The number of aryl methyl sites for hydroxylation is 1. The molecule has 0 aliphatic rings. The van der Waals surface area contributed by atoms with Gasteiger partial charge in [0.05, 0.1) is 18.5 Å². The lowest BCUT2D eigenvalue weighted by Gasteiger charge is -2.24. The lowest BCUT2D eigenvalue weighted by Crippen LogP contribution is -2.40. The van der Waals surface area contributed by atoms with Crippen LogP contribution < -0.4 is 10.1 Å². The van der Waals surface area contributed by atoms with Crippen LogP contribution in [0, 0.1) is 12.8 Å². The average molecular weight is 531 g/mol. The van der Waals surface area contributed by atoms with Crippen LogP contribution in [-0.4, -0.2) is 46.7 Å². The number of anilines is 1. The number of benzene rings is 3. The van der Waals surface area contributed by atoms with Gasteiger partial charge >= 0.3 is 0 Å². The van der Waals surface area contributed by atoms with E-state index in [0.717, 1.165) is 28.3 Å². The van der Waals surface area contributed by atoms with E-state index in [-0.39, 0.29) is 24.3 Å². The lowest BCUT2D eigenvalue weighted by atomic mass is 10.1. The van der Waals surface area contributed by atoms with Gasteiger partial charge in [-0.05, 0) is 66.9 Å². The summed E-state index contributed by atoms with van der Waals surface area (Å²) >= 11 is 6.00. The van der Waals surface area contributed by atoms with Gasteiger partial charge in [0.15, 0.2) is 0 Å². The van der Waals surface area contributed by atoms with Gasteiger partial charge < -0.3 is 15.0 Å². The van der Waals surface area contributed by atoms with Crippen molar-refractivity contribution in [2.75, 3.05) is 25.5 Å². The van der Waals surface area contributed by atoms with Gasteiger partial charge in [0.2, 0.25) is 5.91 Å². The highest BCUT2D eigenvalue weighted by Gasteiger charge is 2.24. The Kier molecular flexibility index (Phi) is 8.48. The first kappa shape index (κ1) is 26.9. The van der Waals surface area contributed by atoms with Gasteiger partial charge in [0, 0.05) is 22.7 Å². The number of nitrogens with zero attached hydrogens (tertiary/aromatic N) is 3. The Bertz CT molecular complexity index is 1400. The summed E-state index contributed by atoms with van der Waals surface area (Å²) < 4.78 is 7.01. The van der Waals surface area contributed by atoms with Crippen molar-refractivity contribution in [1.29, 1.82) is 0 Å². The normalized spacial score (nSPS) is 10.9. The third kappa shape index (κ3) is 6.23. The van der Waals surface area contributed by atoms with Crippen LogP contribution in [0.4, 0.5) is 5.82 Å². The van der Waals surface area contributed by atoms with Crippen LogP contribution in [0.3, 0.4) is 0 Å². The molecule has 0 saturated heterocycles. The molecule has 4 rings (SSSR count). The monoisotopic (exact) mass is 530 g/mol. The predicted molar refractivity (Wildman–Crippen MR) is 151 cm³/mol. The number of hydrogen-bond donors (Lipinski definition) is 1. The van der Waals surface area contributed by atoms with Crippen LogP contribution in [0.15, 0.2) is 78.9 Å². The fraction of sp³-hybridized carbons (Fsp3) is 0.233. The van der Waals surface area contributed by atoms with Crippen LogP contribution >= 0.6 is 11.6 Å². The SMILES string of the molecule is COc1ccc(-n2nc(C)c(-c3ccccc3)c2NC(=O)CN(CC(C)C)C(=O)c2ccc(Cl)cc2)cc1. The van der Waals surface area contributed by atoms with E-state index >= 15 is 0 Å². The molecule has 1 aromatic heterocycles. The van der Waals surface area contributed by atoms with Gasteiger partial charge in [0.1, 0.15) is 18.1 Å². The summed E-state index contributed by atoms with van der Waals surface area (Å²) in [6.07, 6.45) is 0. The molecule has 0 fully saturated rings. The molecule has 0 aliphatic heterocycles. The molecule has 0 spiro atoms. The van der Waals surface area contributed by atoms with Gasteiger partial charge in [-0.15, -0.1) is 0 Å². The average Bonchev–Trinajstić information content (AvgIpc) is 3.23. The third-order valence-corrected chi connectivity index (χ3v) is 6.25. The molecule has 1 N–H and O–H groups in total. The van der Waals surface area contributed by atoms with Crippen LogP contribution in [0.1, 0.15) is 29.9 Å². The quantitative estimate of drug-likeness (QED) is 0.277. The van der Waals surface area contributed by atoms with E-state index in [1.165, 1.54) is 0 Å². The Balaban J connectivity index is 1.68. The maximum atomic E-state index is 13.5. The van der Waals surface area contributed by atoms with Gasteiger partial charge in [-0.2, -0.15) is 5.10 Å². The molecule has 4 aromatic rings. The minimum atomic E-state index is -0.320. The van der Waals surface area contributed by atoms with Crippen molar-refractivity contribution in [2.24, 2.45) is 5.92 Å². The highest BCUT2D eigenvalue weighted by molar-refractivity contribution is 6.30. The number of aromatic nitrogens is 2. The van der Waals surface area contributed by atoms with E-state index in [9.17, 15) is 9.59 Å². The molecule has 38 heavy (non-hydrogen) atoms. The third-order valence-electron chi connectivity index (χ3n) is 6.00. The van der Waals surface area contributed by atoms with E-state index < -0.39 is 0 Å². The Morgan fingerprint density at radius 3 is 2.26 bits per heavy atom. The van der Waals surface area contributed by atoms with Crippen molar-refractivity contribution in [3.8, 4) is 22.6 Å². The topological polar surface area (TPSA) is 76.5 Å². The number of halogens is 1. The Hall–Kier alpha value is -4.10. The predicted octanol–water partition coefficient (Wildman–Crippen LogP) is 6.25. The Morgan fingerprint density at radius 2 is 1.66 bits per heavy atom. The van der Waals surface area contributed by atoms with E-state index in [2.05, 4.69) is 5.32 Å². The van der Waals surface area contributed by atoms with Gasteiger partial charge in [-0.25, -0.2) is 4.68 Å². The van der Waals surface area contributed by atoms with Gasteiger partial charge in [-0.1, -0.05) is 55.8 Å². The second kappa shape index (κ2) is 12.0. The number of nitrogens with one attached hydrogen (secondary N) is 1. The van der Waals surface area contributed by atoms with Crippen LogP contribution in [0.2, 0.25) is 5.02 Å². The second-order valence-electron chi connectivity index (χ2n) is 9.42. The summed E-state index contributed by atoms with van der Waals surface area (Å²) in [6.45, 7) is 6.25. The van der Waals surface area contributed by atoms with Crippen molar-refractivity contribution in [1.82, 2.24) is 14.7 Å². The number of amides is 2. The maximum absolute atomic E-state index is 13.5. The van der Waals surface area contributed by atoms with Gasteiger partial charge in [-0.3, -0.25) is 9.59 Å². The first-order chi connectivity index (χ1) is 18.3. The molecule has 7 nitrogen and oxygen atoms in total. The number of carbonyl (C=O) groups is 2. The van der Waals surface area contributed by atoms with E-state index in [4.69, 9.17) is 21.4 Å². The molecule has 3 aromatic carbocycles. The maximum Gasteiger partial charge on any atom is 0.254 e. The number of methoxy groups -OCH3 is 1. The molecule has 1 heterocycles. The van der Waals surface area contributed by atoms with Crippen molar-refractivity contribution in [3.63, 3.8) is 0 Å². The highest BCUT2D eigenvalue weighted by Crippen LogP contribution is 2.33. The molecule has 196 valence electrons. The number of carbonyl (C=O) groups excluding carboxylic acids is 2. The smallest absolute Gasteiger partial charge is 0.254 e. The van der Waals surface area contributed by atoms with Gasteiger partial charge in [0.25, 0.3) is 5.91 Å². The number of hydrogen-bond acceptors (Lipinski definition) is 4. The Labute approximate surface area is 228 Å². The molecule has 0 unspecified atom stereocenters. The van der Waals surface area contributed by atoms with Crippen molar-refractivity contribution >= 4 is 29.2 Å². The number of rotatable bonds is 9. The minimum Gasteiger partial charge on any atom is -0.497 e. The summed E-state index contributed by atoms with van der Waals surface area (Å²) in [5.41, 5.74) is 3.75. The largest absolute Gasteiger partial charge is 0.497 e. The summed E-state index contributed by atoms with van der Waals surface area (Å²) in [5.74, 6) is 0.878. The standard InChI is InChI=1S/C30H31ClN4O3/c1-20(2)18-34(30(37)23-10-12-24(31)13-11-23)19-27(36)32-29-28(22-8-6-5-7-9-22)21(3)33-35(29)25-14-16-26(38-4)17-15-25/h5-17,20H,18-19H2,1-4H3,(H,32,36).